The first kappa shape index (κ1) is 10.8. The Labute approximate surface area is 106 Å². The third-order valence-electron chi connectivity index (χ3n) is 3.02. The van der Waals surface area contributed by atoms with Gasteiger partial charge in [0.05, 0.1) is 12.1 Å². The van der Waals surface area contributed by atoms with Gasteiger partial charge in [0.25, 0.3) is 0 Å². The Morgan fingerprint density at radius 3 is 2.67 bits per heavy atom. The number of nitrogens with one attached hydrogen (secondary N) is 2. The average Bonchev–Trinajstić information content (AvgIpc) is 2.62. The van der Waals surface area contributed by atoms with Crippen LogP contribution in [0, 0.1) is 5.41 Å². The van der Waals surface area contributed by atoms with Gasteiger partial charge in [-0.2, -0.15) is 0 Å². The molecule has 0 aromatic heterocycles. The van der Waals surface area contributed by atoms with Crippen molar-refractivity contribution in [3.8, 4) is 16.9 Å². The van der Waals surface area contributed by atoms with Crippen LogP contribution in [0.2, 0.25) is 0 Å². The minimum absolute atomic E-state index is 0.431. The second kappa shape index (κ2) is 4.53. The summed E-state index contributed by atoms with van der Waals surface area (Å²) in [6.07, 6.45) is 0. The molecule has 0 saturated heterocycles. The van der Waals surface area contributed by atoms with Crippen LogP contribution in [-0.4, -0.2) is 19.0 Å². The van der Waals surface area contributed by atoms with Crippen molar-refractivity contribution in [3.63, 3.8) is 0 Å². The van der Waals surface area contributed by atoms with E-state index >= 15 is 0 Å². The van der Waals surface area contributed by atoms with Crippen LogP contribution in [0.15, 0.2) is 48.5 Å². The zero-order chi connectivity index (χ0) is 12.4. The number of ether oxygens (including phenoxy) is 1. The van der Waals surface area contributed by atoms with E-state index in [4.69, 9.17) is 10.1 Å². The summed E-state index contributed by atoms with van der Waals surface area (Å²) in [5, 5.41) is 11.0. The maximum absolute atomic E-state index is 7.98. The van der Waals surface area contributed by atoms with Gasteiger partial charge in [-0.15, -0.1) is 0 Å². The third kappa shape index (κ3) is 1.95. The molecule has 0 fully saturated rings. The lowest BCUT2D eigenvalue weighted by Crippen LogP contribution is -2.24. The number of amidine groups is 1. The lowest BCUT2D eigenvalue weighted by atomic mass is 10.0. The van der Waals surface area contributed by atoms with Crippen LogP contribution in [0.1, 0.15) is 5.56 Å². The highest BCUT2D eigenvalue weighted by atomic mass is 16.5. The molecular weight excluding hydrogens is 224 g/mol. The zero-order valence-electron chi connectivity index (χ0n) is 9.94. The molecule has 0 bridgehead atoms. The van der Waals surface area contributed by atoms with Crippen molar-refractivity contribution < 1.29 is 4.74 Å². The second-order valence-corrected chi connectivity index (χ2v) is 4.23. The SMILES string of the molecule is N=C1NCCOc2ccc(-c3ccccc3)cc21. The Kier molecular flexibility index (Phi) is 2.73. The first-order valence-corrected chi connectivity index (χ1v) is 6.00. The van der Waals surface area contributed by atoms with Crippen LogP contribution in [0.25, 0.3) is 11.1 Å². The summed E-state index contributed by atoms with van der Waals surface area (Å²) >= 11 is 0. The van der Waals surface area contributed by atoms with Crippen molar-refractivity contribution in [3.05, 3.63) is 54.1 Å². The van der Waals surface area contributed by atoms with Crippen LogP contribution in [0.5, 0.6) is 5.75 Å². The predicted octanol–water partition coefficient (Wildman–Crippen LogP) is 2.66. The summed E-state index contributed by atoms with van der Waals surface area (Å²) in [6.45, 7) is 1.27. The van der Waals surface area contributed by atoms with E-state index in [1.54, 1.807) is 0 Å². The van der Waals surface area contributed by atoms with Gasteiger partial charge in [-0.1, -0.05) is 36.4 Å². The van der Waals surface area contributed by atoms with Gasteiger partial charge in [-0.05, 0) is 23.3 Å². The standard InChI is InChI=1S/C15H14N2O/c16-15-13-10-12(11-4-2-1-3-5-11)6-7-14(13)18-9-8-17-15/h1-7,10H,8-9H2,(H2,16,17). The van der Waals surface area contributed by atoms with Crippen molar-refractivity contribution in [2.45, 2.75) is 0 Å². The number of rotatable bonds is 1. The van der Waals surface area contributed by atoms with Crippen molar-refractivity contribution in [2.24, 2.45) is 0 Å². The van der Waals surface area contributed by atoms with Gasteiger partial charge >= 0.3 is 0 Å². The van der Waals surface area contributed by atoms with E-state index in [0.717, 1.165) is 22.4 Å². The molecule has 2 N–H and O–H groups in total. The van der Waals surface area contributed by atoms with E-state index in [9.17, 15) is 0 Å². The summed E-state index contributed by atoms with van der Waals surface area (Å²) in [6, 6.07) is 16.1. The Hall–Kier alpha value is -2.29. The minimum atomic E-state index is 0.431. The van der Waals surface area contributed by atoms with Crippen molar-refractivity contribution in [1.82, 2.24) is 5.32 Å². The van der Waals surface area contributed by atoms with E-state index in [1.165, 1.54) is 0 Å². The lowest BCUT2D eigenvalue weighted by Gasteiger charge is -2.09. The fourth-order valence-corrected chi connectivity index (χ4v) is 2.09. The van der Waals surface area contributed by atoms with Crippen molar-refractivity contribution >= 4 is 5.84 Å². The molecular formula is C15H14N2O. The number of hydrogen-bond donors (Lipinski definition) is 2. The first-order chi connectivity index (χ1) is 8.84. The van der Waals surface area contributed by atoms with E-state index in [2.05, 4.69) is 17.4 Å². The maximum Gasteiger partial charge on any atom is 0.130 e. The van der Waals surface area contributed by atoms with Crippen LogP contribution in [-0.2, 0) is 0 Å². The van der Waals surface area contributed by atoms with Gasteiger partial charge in [0.15, 0.2) is 0 Å². The number of fused-ring (bicyclic) bond motifs is 1. The van der Waals surface area contributed by atoms with Crippen LogP contribution >= 0.6 is 0 Å². The largest absolute Gasteiger partial charge is 0.491 e. The molecule has 0 radical (unpaired) electrons. The van der Waals surface area contributed by atoms with Gasteiger partial charge in [-0.3, -0.25) is 5.41 Å². The third-order valence-corrected chi connectivity index (χ3v) is 3.02. The highest BCUT2D eigenvalue weighted by Crippen LogP contribution is 2.27. The molecule has 3 nitrogen and oxygen atoms in total. The quantitative estimate of drug-likeness (QED) is 0.802. The Morgan fingerprint density at radius 2 is 1.83 bits per heavy atom. The van der Waals surface area contributed by atoms with E-state index in [0.29, 0.717) is 19.0 Å². The molecule has 0 amide bonds. The van der Waals surface area contributed by atoms with Crippen molar-refractivity contribution in [2.75, 3.05) is 13.2 Å². The van der Waals surface area contributed by atoms with E-state index in [-0.39, 0.29) is 0 Å². The normalized spacial score (nSPS) is 14.1. The van der Waals surface area contributed by atoms with E-state index in [1.807, 2.05) is 36.4 Å². The van der Waals surface area contributed by atoms with Crippen LogP contribution in [0.3, 0.4) is 0 Å². The summed E-state index contributed by atoms with van der Waals surface area (Å²) in [7, 11) is 0. The molecule has 0 unspecified atom stereocenters. The van der Waals surface area contributed by atoms with Gasteiger partial charge in [0.1, 0.15) is 18.2 Å². The smallest absolute Gasteiger partial charge is 0.130 e. The molecule has 90 valence electrons. The Morgan fingerprint density at radius 1 is 1.00 bits per heavy atom. The van der Waals surface area contributed by atoms with Crippen LogP contribution in [0.4, 0.5) is 0 Å². The Balaban J connectivity index is 2.07. The highest BCUT2D eigenvalue weighted by Gasteiger charge is 2.14. The summed E-state index contributed by atoms with van der Waals surface area (Å²) < 4.78 is 5.61. The number of hydrogen-bond acceptors (Lipinski definition) is 2. The molecule has 0 aliphatic carbocycles. The molecule has 0 atom stereocenters. The average molecular weight is 238 g/mol. The van der Waals surface area contributed by atoms with Gasteiger partial charge < -0.3 is 10.1 Å². The fraction of sp³-hybridized carbons (Fsp3) is 0.133. The maximum atomic E-state index is 7.98. The van der Waals surface area contributed by atoms with Gasteiger partial charge in [0.2, 0.25) is 0 Å². The van der Waals surface area contributed by atoms with Gasteiger partial charge in [-0.25, -0.2) is 0 Å². The first-order valence-electron chi connectivity index (χ1n) is 6.00. The number of benzene rings is 2. The minimum Gasteiger partial charge on any atom is -0.491 e. The fourth-order valence-electron chi connectivity index (χ4n) is 2.09. The molecule has 0 spiro atoms. The zero-order valence-corrected chi connectivity index (χ0v) is 9.94. The molecule has 0 saturated carbocycles. The molecule has 3 heteroatoms. The summed E-state index contributed by atoms with van der Waals surface area (Å²) in [5.74, 6) is 1.21. The molecule has 2 aromatic rings. The molecule has 1 aliphatic rings. The molecule has 1 aliphatic heterocycles. The molecule has 2 aromatic carbocycles. The van der Waals surface area contributed by atoms with E-state index < -0.39 is 0 Å². The molecule has 18 heavy (non-hydrogen) atoms. The highest BCUT2D eigenvalue weighted by molar-refractivity contribution is 6.00. The van der Waals surface area contributed by atoms with Crippen LogP contribution < -0.4 is 10.1 Å². The molecule has 3 rings (SSSR count). The predicted molar refractivity (Wildman–Crippen MR) is 72.2 cm³/mol. The summed E-state index contributed by atoms with van der Waals surface area (Å²) in [5.41, 5.74) is 3.08. The van der Waals surface area contributed by atoms with Gasteiger partial charge in [0, 0.05) is 0 Å². The summed E-state index contributed by atoms with van der Waals surface area (Å²) in [4.78, 5) is 0. The molecule has 1 heterocycles. The Bertz CT molecular complexity index is 578. The van der Waals surface area contributed by atoms with Crippen molar-refractivity contribution in [1.29, 1.82) is 5.41 Å². The lowest BCUT2D eigenvalue weighted by molar-refractivity contribution is 0.327. The second-order valence-electron chi connectivity index (χ2n) is 4.23. The topological polar surface area (TPSA) is 45.1 Å². The monoisotopic (exact) mass is 238 g/mol.